The maximum absolute atomic E-state index is 8.91. The van der Waals surface area contributed by atoms with E-state index in [9.17, 15) is 0 Å². The van der Waals surface area contributed by atoms with Gasteiger partial charge in [-0.25, -0.2) is 9.97 Å². The average molecular weight is 355 g/mol. The molecular weight excluding hydrogens is 334 g/mol. The zero-order chi connectivity index (χ0) is 19.4. The van der Waals surface area contributed by atoms with Crippen molar-refractivity contribution in [1.29, 1.82) is 10.7 Å². The summed E-state index contributed by atoms with van der Waals surface area (Å²) in [5.74, 6) is 1.29. The summed E-state index contributed by atoms with van der Waals surface area (Å²) < 4.78 is 0. The van der Waals surface area contributed by atoms with E-state index >= 15 is 0 Å². The lowest BCUT2D eigenvalue weighted by atomic mass is 10.0. The van der Waals surface area contributed by atoms with Crippen LogP contribution in [-0.4, -0.2) is 16.2 Å². The molecule has 0 saturated carbocycles. The minimum Gasteiger partial charge on any atom is -0.339 e. The highest BCUT2D eigenvalue weighted by molar-refractivity contribution is 5.85. The van der Waals surface area contributed by atoms with Gasteiger partial charge in [-0.15, -0.1) is 0 Å². The minimum atomic E-state index is 0.560. The van der Waals surface area contributed by atoms with Gasteiger partial charge in [0.05, 0.1) is 17.2 Å². The van der Waals surface area contributed by atoms with Crippen LogP contribution in [-0.2, 0) is 6.42 Å². The molecule has 2 aromatic carbocycles. The van der Waals surface area contributed by atoms with Gasteiger partial charge in [0.2, 0.25) is 0 Å². The van der Waals surface area contributed by atoms with Crippen LogP contribution in [0.3, 0.4) is 0 Å². The normalized spacial score (nSPS) is 10.3. The van der Waals surface area contributed by atoms with E-state index in [0.29, 0.717) is 29.2 Å². The molecule has 0 fully saturated rings. The quantitative estimate of drug-likeness (QED) is 0.655. The van der Waals surface area contributed by atoms with Crippen LogP contribution in [0.15, 0.2) is 42.6 Å². The van der Waals surface area contributed by atoms with Crippen LogP contribution < -0.4 is 5.32 Å². The van der Waals surface area contributed by atoms with Gasteiger partial charge in [-0.05, 0) is 49.6 Å². The molecule has 3 rings (SSSR count). The summed E-state index contributed by atoms with van der Waals surface area (Å²) in [4.78, 5) is 9.02. The summed E-state index contributed by atoms with van der Waals surface area (Å²) in [7, 11) is 0. The molecule has 0 aliphatic carbocycles. The van der Waals surface area contributed by atoms with E-state index in [0.717, 1.165) is 22.4 Å². The molecule has 0 aliphatic rings. The van der Waals surface area contributed by atoms with Crippen molar-refractivity contribution in [3.8, 4) is 6.07 Å². The first-order valence-electron chi connectivity index (χ1n) is 8.70. The Bertz CT molecular complexity index is 1010. The van der Waals surface area contributed by atoms with Gasteiger partial charge in [0.1, 0.15) is 11.6 Å². The van der Waals surface area contributed by atoms with Crippen molar-refractivity contribution in [2.24, 2.45) is 0 Å². The molecule has 134 valence electrons. The van der Waals surface area contributed by atoms with Crippen molar-refractivity contribution >= 4 is 17.7 Å². The van der Waals surface area contributed by atoms with Crippen LogP contribution in [0.2, 0.25) is 0 Å². The smallest absolute Gasteiger partial charge is 0.142 e. The number of rotatable bonds is 5. The second-order valence-corrected chi connectivity index (χ2v) is 6.62. The Morgan fingerprint density at radius 3 is 2.37 bits per heavy atom. The molecule has 0 saturated heterocycles. The Kier molecular flexibility index (Phi) is 5.28. The van der Waals surface area contributed by atoms with Crippen molar-refractivity contribution in [1.82, 2.24) is 9.97 Å². The molecule has 0 spiro atoms. The number of anilines is 2. The zero-order valence-corrected chi connectivity index (χ0v) is 15.7. The topological polar surface area (TPSA) is 85.5 Å². The van der Waals surface area contributed by atoms with Crippen LogP contribution in [0.4, 0.5) is 11.5 Å². The number of aromatic nitrogens is 2. The monoisotopic (exact) mass is 355 g/mol. The van der Waals surface area contributed by atoms with Crippen LogP contribution in [0.5, 0.6) is 0 Å². The first kappa shape index (κ1) is 18.3. The Balaban J connectivity index is 1.92. The fraction of sp³-hybridized carbons (Fsp3) is 0.182. The number of nitriles is 1. The van der Waals surface area contributed by atoms with Gasteiger partial charge < -0.3 is 10.7 Å². The Morgan fingerprint density at radius 1 is 1.11 bits per heavy atom. The molecule has 5 heteroatoms. The largest absolute Gasteiger partial charge is 0.339 e. The first-order valence-corrected chi connectivity index (χ1v) is 8.70. The van der Waals surface area contributed by atoms with Crippen molar-refractivity contribution < 1.29 is 0 Å². The van der Waals surface area contributed by atoms with Crippen molar-refractivity contribution in [3.05, 3.63) is 81.8 Å². The summed E-state index contributed by atoms with van der Waals surface area (Å²) in [5.41, 5.74) is 6.79. The lowest BCUT2D eigenvalue weighted by Gasteiger charge is -2.15. The predicted molar refractivity (Wildman–Crippen MR) is 108 cm³/mol. The molecule has 0 atom stereocenters. The molecule has 1 heterocycles. The molecular formula is C22H21N5. The number of nitrogens with zero attached hydrogens (tertiary/aromatic N) is 3. The zero-order valence-electron chi connectivity index (χ0n) is 15.7. The summed E-state index contributed by atoms with van der Waals surface area (Å²) in [6.07, 6.45) is 3.48. The Labute approximate surface area is 159 Å². The van der Waals surface area contributed by atoms with Gasteiger partial charge in [0.25, 0.3) is 0 Å². The number of hydrogen-bond acceptors (Lipinski definition) is 5. The third-order valence-electron chi connectivity index (χ3n) is 4.39. The van der Waals surface area contributed by atoms with Crippen LogP contribution in [0.25, 0.3) is 0 Å². The number of aryl methyl sites for hydroxylation is 3. The second-order valence-electron chi connectivity index (χ2n) is 6.62. The summed E-state index contributed by atoms with van der Waals surface area (Å²) in [6, 6.07) is 13.8. The third-order valence-corrected chi connectivity index (χ3v) is 4.39. The Hall–Kier alpha value is -3.52. The molecule has 0 bridgehead atoms. The van der Waals surface area contributed by atoms with Crippen molar-refractivity contribution in [3.63, 3.8) is 0 Å². The molecule has 5 nitrogen and oxygen atoms in total. The standard InChI is InChI=1S/C22H21N5/c1-14-8-15(2)21(16(3)9-14)27-22-19(12-24)13-25-20(26-22)10-17-4-6-18(11-23)7-5-17/h4-9,12-13,24H,10H2,1-3H3,(H,25,26,27). The van der Waals surface area contributed by atoms with E-state index in [2.05, 4.69) is 54.3 Å². The summed E-state index contributed by atoms with van der Waals surface area (Å²) in [6.45, 7) is 6.20. The van der Waals surface area contributed by atoms with Gasteiger partial charge in [-0.3, -0.25) is 0 Å². The van der Waals surface area contributed by atoms with E-state index in [1.54, 1.807) is 18.3 Å². The maximum Gasteiger partial charge on any atom is 0.142 e. The highest BCUT2D eigenvalue weighted by Crippen LogP contribution is 2.26. The summed E-state index contributed by atoms with van der Waals surface area (Å²) in [5, 5.41) is 19.9. The maximum atomic E-state index is 8.91. The van der Waals surface area contributed by atoms with E-state index in [1.165, 1.54) is 11.8 Å². The van der Waals surface area contributed by atoms with Crippen molar-refractivity contribution in [2.45, 2.75) is 27.2 Å². The average Bonchev–Trinajstić information content (AvgIpc) is 2.65. The molecule has 0 aliphatic heterocycles. The fourth-order valence-corrected chi connectivity index (χ4v) is 3.09. The van der Waals surface area contributed by atoms with Gasteiger partial charge in [-0.1, -0.05) is 29.8 Å². The summed E-state index contributed by atoms with van der Waals surface area (Å²) >= 11 is 0. The van der Waals surface area contributed by atoms with Crippen molar-refractivity contribution in [2.75, 3.05) is 5.32 Å². The second kappa shape index (κ2) is 7.79. The van der Waals surface area contributed by atoms with Gasteiger partial charge in [0, 0.05) is 24.5 Å². The third kappa shape index (κ3) is 4.18. The highest BCUT2D eigenvalue weighted by atomic mass is 15.0. The molecule has 0 unspecified atom stereocenters. The molecule has 0 amide bonds. The van der Waals surface area contributed by atoms with E-state index < -0.39 is 0 Å². The minimum absolute atomic E-state index is 0.560. The highest BCUT2D eigenvalue weighted by Gasteiger charge is 2.10. The fourth-order valence-electron chi connectivity index (χ4n) is 3.09. The predicted octanol–water partition coefficient (Wildman–Crippen LogP) is 4.61. The van der Waals surface area contributed by atoms with E-state index in [4.69, 9.17) is 10.7 Å². The molecule has 3 aromatic rings. The number of nitrogens with one attached hydrogen (secondary N) is 2. The van der Waals surface area contributed by atoms with Gasteiger partial charge in [0.15, 0.2) is 0 Å². The van der Waals surface area contributed by atoms with Crippen LogP contribution in [0.1, 0.15) is 39.2 Å². The van der Waals surface area contributed by atoms with Crippen LogP contribution >= 0.6 is 0 Å². The SMILES string of the molecule is Cc1cc(C)c(Nc2nc(Cc3ccc(C#N)cc3)ncc2C=N)c(C)c1. The molecule has 2 N–H and O–H groups in total. The lowest BCUT2D eigenvalue weighted by molar-refractivity contribution is 0.968. The van der Waals surface area contributed by atoms with Gasteiger partial charge >= 0.3 is 0 Å². The van der Waals surface area contributed by atoms with E-state index in [1.807, 2.05) is 12.1 Å². The van der Waals surface area contributed by atoms with E-state index in [-0.39, 0.29) is 0 Å². The molecule has 0 radical (unpaired) electrons. The number of hydrogen-bond donors (Lipinski definition) is 2. The molecule has 1 aromatic heterocycles. The van der Waals surface area contributed by atoms with Gasteiger partial charge in [-0.2, -0.15) is 5.26 Å². The number of benzene rings is 2. The lowest BCUT2D eigenvalue weighted by Crippen LogP contribution is -2.06. The molecule has 27 heavy (non-hydrogen) atoms. The first-order chi connectivity index (χ1) is 13.0. The van der Waals surface area contributed by atoms with Crippen LogP contribution in [0, 0.1) is 37.5 Å². The Morgan fingerprint density at radius 2 is 1.78 bits per heavy atom.